The van der Waals surface area contributed by atoms with E-state index in [0.717, 1.165) is 0 Å². The smallest absolute Gasteiger partial charge is 0.320 e. The van der Waals surface area contributed by atoms with Crippen molar-refractivity contribution in [3.05, 3.63) is 0 Å². The third-order valence-electron chi connectivity index (χ3n) is 2.74. The Kier molecular flexibility index (Phi) is 4.18. The number of likely N-dealkylation sites (tertiary alicyclic amines) is 1. The quantitative estimate of drug-likeness (QED) is 0.709. The van der Waals surface area contributed by atoms with Crippen molar-refractivity contribution in [3.63, 3.8) is 0 Å². The second-order valence-corrected chi connectivity index (χ2v) is 3.77. The van der Waals surface area contributed by atoms with Gasteiger partial charge in [-0.3, -0.25) is 4.79 Å². The van der Waals surface area contributed by atoms with Crippen molar-refractivity contribution in [2.24, 2.45) is 5.92 Å². The Bertz CT molecular complexity index is 322. The van der Waals surface area contributed by atoms with Crippen LogP contribution in [0.25, 0.3) is 0 Å². The summed E-state index contributed by atoms with van der Waals surface area (Å²) in [6.45, 7) is 3.44. The standard InChI is InChI=1S/C11H16N2O3/c1-3-6-12(4-2)11(16)13-7-5-9(8-13)10(14)15/h1,9H,4-8H2,2H3,(H,14,15). The zero-order valence-electron chi connectivity index (χ0n) is 9.35. The topological polar surface area (TPSA) is 60.9 Å². The molecule has 0 aliphatic carbocycles. The number of urea groups is 1. The van der Waals surface area contributed by atoms with Gasteiger partial charge < -0.3 is 14.9 Å². The van der Waals surface area contributed by atoms with Crippen molar-refractivity contribution < 1.29 is 14.7 Å². The van der Waals surface area contributed by atoms with Crippen LogP contribution in [-0.4, -0.2) is 53.1 Å². The van der Waals surface area contributed by atoms with Crippen LogP contribution in [-0.2, 0) is 4.79 Å². The summed E-state index contributed by atoms with van der Waals surface area (Å²) in [5.41, 5.74) is 0. The highest BCUT2D eigenvalue weighted by Gasteiger charge is 2.32. The highest BCUT2D eigenvalue weighted by Crippen LogP contribution is 2.17. The van der Waals surface area contributed by atoms with Crippen LogP contribution in [0.3, 0.4) is 0 Å². The number of aliphatic carboxylic acids is 1. The van der Waals surface area contributed by atoms with Gasteiger partial charge in [0.25, 0.3) is 0 Å². The third kappa shape index (κ3) is 2.66. The van der Waals surface area contributed by atoms with Crippen LogP contribution in [0.2, 0.25) is 0 Å². The number of nitrogens with zero attached hydrogens (tertiary/aromatic N) is 2. The average molecular weight is 224 g/mol. The van der Waals surface area contributed by atoms with E-state index in [2.05, 4.69) is 5.92 Å². The zero-order chi connectivity index (χ0) is 12.1. The molecule has 1 aliphatic heterocycles. The molecule has 5 nitrogen and oxygen atoms in total. The second kappa shape index (κ2) is 5.40. The minimum Gasteiger partial charge on any atom is -0.481 e. The number of carboxylic acids is 1. The lowest BCUT2D eigenvalue weighted by Gasteiger charge is -2.25. The van der Waals surface area contributed by atoms with Crippen LogP contribution >= 0.6 is 0 Å². The number of rotatable bonds is 3. The van der Waals surface area contributed by atoms with Gasteiger partial charge >= 0.3 is 12.0 Å². The molecule has 1 saturated heterocycles. The van der Waals surface area contributed by atoms with Crippen molar-refractivity contribution in [1.29, 1.82) is 0 Å². The summed E-state index contributed by atoms with van der Waals surface area (Å²) in [5.74, 6) is 1.14. The van der Waals surface area contributed by atoms with Gasteiger partial charge in [0.1, 0.15) is 0 Å². The van der Waals surface area contributed by atoms with Crippen LogP contribution in [0.1, 0.15) is 13.3 Å². The van der Waals surface area contributed by atoms with E-state index in [1.807, 2.05) is 6.92 Å². The Labute approximate surface area is 95.0 Å². The fourth-order valence-electron chi connectivity index (χ4n) is 1.76. The van der Waals surface area contributed by atoms with Crippen LogP contribution in [0.5, 0.6) is 0 Å². The Morgan fingerprint density at radius 3 is 2.75 bits per heavy atom. The van der Waals surface area contributed by atoms with E-state index in [-0.39, 0.29) is 19.1 Å². The van der Waals surface area contributed by atoms with E-state index in [9.17, 15) is 9.59 Å². The number of hydrogen-bond donors (Lipinski definition) is 1. The van der Waals surface area contributed by atoms with Crippen molar-refractivity contribution >= 4 is 12.0 Å². The maximum Gasteiger partial charge on any atom is 0.320 e. The van der Waals surface area contributed by atoms with Gasteiger partial charge in [0.2, 0.25) is 0 Å². The lowest BCUT2D eigenvalue weighted by atomic mass is 10.1. The van der Waals surface area contributed by atoms with Crippen LogP contribution < -0.4 is 0 Å². The highest BCUT2D eigenvalue weighted by molar-refractivity contribution is 5.77. The highest BCUT2D eigenvalue weighted by atomic mass is 16.4. The third-order valence-corrected chi connectivity index (χ3v) is 2.74. The van der Waals surface area contributed by atoms with Gasteiger partial charge in [0.15, 0.2) is 0 Å². The maximum absolute atomic E-state index is 11.9. The molecular formula is C11H16N2O3. The molecule has 5 heteroatoms. The van der Waals surface area contributed by atoms with Gasteiger partial charge in [0.05, 0.1) is 12.5 Å². The molecule has 1 rings (SSSR count). The van der Waals surface area contributed by atoms with E-state index >= 15 is 0 Å². The first-order chi connectivity index (χ1) is 7.60. The van der Waals surface area contributed by atoms with Crippen LogP contribution in [0.15, 0.2) is 0 Å². The normalized spacial score (nSPS) is 19.2. The van der Waals surface area contributed by atoms with Gasteiger partial charge in [-0.15, -0.1) is 6.42 Å². The molecule has 1 unspecified atom stereocenters. The first-order valence-corrected chi connectivity index (χ1v) is 5.30. The number of carboxylic acid groups (broad SMARTS) is 1. The molecule has 0 bridgehead atoms. The number of carbonyl (C=O) groups excluding carboxylic acids is 1. The van der Waals surface area contributed by atoms with Crippen molar-refractivity contribution in [3.8, 4) is 12.3 Å². The lowest BCUT2D eigenvalue weighted by Crippen LogP contribution is -2.42. The van der Waals surface area contributed by atoms with Gasteiger partial charge in [0, 0.05) is 19.6 Å². The van der Waals surface area contributed by atoms with E-state index in [0.29, 0.717) is 19.5 Å². The SMILES string of the molecule is C#CCN(CC)C(=O)N1CCC(C(=O)O)C1. The first-order valence-electron chi connectivity index (χ1n) is 5.30. The summed E-state index contributed by atoms with van der Waals surface area (Å²) >= 11 is 0. The van der Waals surface area contributed by atoms with Gasteiger partial charge in [-0.1, -0.05) is 5.92 Å². The fraction of sp³-hybridized carbons (Fsp3) is 0.636. The molecule has 0 saturated carbocycles. The van der Waals surface area contributed by atoms with E-state index in [1.54, 1.807) is 4.90 Å². The van der Waals surface area contributed by atoms with Gasteiger partial charge in [-0.2, -0.15) is 0 Å². The molecule has 1 heterocycles. The molecule has 0 spiro atoms. The number of terminal acetylenes is 1. The summed E-state index contributed by atoms with van der Waals surface area (Å²) in [6.07, 6.45) is 5.68. The maximum atomic E-state index is 11.9. The molecule has 0 aromatic rings. The molecule has 0 aromatic heterocycles. The largest absolute Gasteiger partial charge is 0.481 e. The van der Waals surface area contributed by atoms with Gasteiger partial charge in [-0.05, 0) is 13.3 Å². The van der Waals surface area contributed by atoms with Crippen molar-refractivity contribution in [2.75, 3.05) is 26.2 Å². The summed E-state index contributed by atoms with van der Waals surface area (Å²) in [7, 11) is 0. The Hall–Kier alpha value is -1.70. The van der Waals surface area contributed by atoms with Crippen LogP contribution in [0, 0.1) is 18.3 Å². The fourth-order valence-corrected chi connectivity index (χ4v) is 1.76. The minimum atomic E-state index is -0.838. The predicted octanol–water partition coefficient (Wildman–Crippen LogP) is 0.468. The van der Waals surface area contributed by atoms with E-state index in [1.165, 1.54) is 4.90 Å². The Morgan fingerprint density at radius 2 is 2.31 bits per heavy atom. The molecule has 1 aliphatic rings. The van der Waals surface area contributed by atoms with E-state index < -0.39 is 11.9 Å². The zero-order valence-corrected chi connectivity index (χ0v) is 9.35. The van der Waals surface area contributed by atoms with Crippen LogP contribution in [0.4, 0.5) is 4.79 Å². The molecule has 88 valence electrons. The first kappa shape index (κ1) is 12.4. The number of amides is 2. The summed E-state index contributed by atoms with van der Waals surface area (Å²) in [4.78, 5) is 25.7. The molecular weight excluding hydrogens is 208 g/mol. The molecule has 16 heavy (non-hydrogen) atoms. The molecule has 0 radical (unpaired) electrons. The molecule has 1 N–H and O–H groups in total. The molecule has 1 atom stereocenters. The Balaban J connectivity index is 2.56. The van der Waals surface area contributed by atoms with Crippen molar-refractivity contribution in [1.82, 2.24) is 9.80 Å². The Morgan fingerprint density at radius 1 is 1.62 bits per heavy atom. The average Bonchev–Trinajstić information content (AvgIpc) is 2.74. The molecule has 0 aromatic carbocycles. The van der Waals surface area contributed by atoms with Gasteiger partial charge in [-0.25, -0.2) is 4.79 Å². The summed E-state index contributed by atoms with van der Waals surface area (Å²) in [6, 6.07) is -0.163. The number of hydrogen-bond acceptors (Lipinski definition) is 2. The lowest BCUT2D eigenvalue weighted by molar-refractivity contribution is -0.141. The number of carbonyl (C=O) groups is 2. The summed E-state index contributed by atoms with van der Waals surface area (Å²) < 4.78 is 0. The summed E-state index contributed by atoms with van der Waals surface area (Å²) in [5, 5.41) is 8.83. The predicted molar refractivity (Wildman–Crippen MR) is 58.8 cm³/mol. The minimum absolute atomic E-state index is 0.163. The second-order valence-electron chi connectivity index (χ2n) is 3.77. The monoisotopic (exact) mass is 224 g/mol. The van der Waals surface area contributed by atoms with Crippen molar-refractivity contribution in [2.45, 2.75) is 13.3 Å². The molecule has 1 fully saturated rings. The van der Waals surface area contributed by atoms with E-state index in [4.69, 9.17) is 11.5 Å². The molecule has 2 amide bonds.